The lowest BCUT2D eigenvalue weighted by Crippen LogP contribution is -2.68. The first kappa shape index (κ1) is 63.6. The van der Waals surface area contributed by atoms with Crippen molar-refractivity contribution >= 4 is 22.8 Å². The van der Waals surface area contributed by atoms with Gasteiger partial charge in [-0.15, -0.1) is 0 Å². The summed E-state index contributed by atoms with van der Waals surface area (Å²) < 4.78 is 66.0. The number of allylic oxidation sites excluding steroid dienone is 2. The van der Waals surface area contributed by atoms with Crippen LogP contribution in [0.4, 0.5) is 0 Å². The number of esters is 1. The topological polar surface area (TPSA) is 130 Å². The van der Waals surface area contributed by atoms with Crippen LogP contribution in [0.5, 0.6) is 5.75 Å². The van der Waals surface area contributed by atoms with Gasteiger partial charge in [-0.05, 0) is 88.6 Å². The van der Waals surface area contributed by atoms with Gasteiger partial charge in [0, 0.05) is 65.8 Å². The Kier molecular flexibility index (Phi) is 22.8. The predicted molar refractivity (Wildman–Crippen MR) is 305 cm³/mol. The number of carbonyl (C=O) groups is 1. The number of aliphatic hydroxyl groups excluding tert-OH is 1. The molecule has 3 saturated heterocycles. The Morgan fingerprint density at radius 2 is 1.47 bits per heavy atom. The Balaban J connectivity index is 1.38. The summed E-state index contributed by atoms with van der Waals surface area (Å²) in [6.45, 7) is 38.4. The van der Waals surface area contributed by atoms with Gasteiger partial charge in [-0.25, -0.2) is 4.79 Å². The molecule has 4 heterocycles. The Morgan fingerprint density at radius 1 is 0.827 bits per heavy atom. The molecule has 0 aliphatic carbocycles. The monoisotopic (exact) mass is 1080 g/mol. The van der Waals surface area contributed by atoms with Crippen LogP contribution in [0.15, 0.2) is 60.2 Å². The third kappa shape index (κ3) is 16.7. The normalized spacial score (nSPS) is 31.4. The van der Waals surface area contributed by atoms with E-state index in [2.05, 4.69) is 128 Å². The molecule has 0 amide bonds. The maximum absolute atomic E-state index is 12.3. The molecule has 3 fully saturated rings. The van der Waals surface area contributed by atoms with Crippen molar-refractivity contribution in [3.05, 3.63) is 65.8 Å². The Hall–Kier alpha value is -2.22. The number of rotatable bonds is 21. The maximum atomic E-state index is 12.3. The van der Waals surface area contributed by atoms with E-state index < -0.39 is 29.3 Å². The van der Waals surface area contributed by atoms with E-state index in [1.54, 1.807) is 13.2 Å². The van der Waals surface area contributed by atoms with Crippen LogP contribution in [0, 0.1) is 23.7 Å². The first-order valence-corrected chi connectivity index (χ1v) is 33.2. The van der Waals surface area contributed by atoms with E-state index in [1.165, 1.54) is 13.2 Å². The number of methoxy groups -OCH3 is 3. The van der Waals surface area contributed by atoms with Crippen LogP contribution in [0.25, 0.3) is 0 Å². The maximum Gasteiger partial charge on any atom is 0.349 e. The molecule has 14 heteroatoms. The molecule has 0 spiro atoms. The van der Waals surface area contributed by atoms with Crippen LogP contribution >= 0.6 is 0 Å². The van der Waals surface area contributed by atoms with Gasteiger partial charge in [-0.3, -0.25) is 0 Å². The van der Waals surface area contributed by atoms with E-state index in [0.29, 0.717) is 32.1 Å². The minimum absolute atomic E-state index is 0.0249. The highest BCUT2D eigenvalue weighted by Gasteiger charge is 2.65. The molecule has 428 valence electrons. The van der Waals surface area contributed by atoms with Crippen molar-refractivity contribution in [3.63, 3.8) is 0 Å². The van der Waals surface area contributed by atoms with Gasteiger partial charge < -0.3 is 51.5 Å². The molecule has 16 atom stereocenters. The van der Waals surface area contributed by atoms with Gasteiger partial charge in [0.05, 0.1) is 81.4 Å². The standard InChI is InChI=1S/C61H104O12Si2/c1-39(25-33-55(63)66-18)24-29-50(71-74(19,20)59(7,8)9)35-47-22-21-23-48(68-47)37-52(62)42(4)53-38-54(70-58(69-53)45-27-31-46(64-16)32-28-45)43(5)57-44(6)56(72-75(73-57,60(10,11)12)61(13,14)15)40(2)26-30-49-36-51(65-17)34-41(3)67-49/h21-22,24-25,27-28,31-33,40-44,47-54,56-58,62H,23,26,29-30,34-38H2,1-20H3/b33-25+,39-24+/t40-,41-,42+,43-,44-,47-,48-,49-,50-,51+,52-,53-,54+,56-,57-,58+/m0/s1. The average molecular weight is 1090 g/mol. The Morgan fingerprint density at radius 3 is 2.07 bits per heavy atom. The lowest BCUT2D eigenvalue weighted by atomic mass is 9.78. The van der Waals surface area contributed by atoms with Crippen molar-refractivity contribution in [2.24, 2.45) is 23.7 Å². The number of benzene rings is 1. The third-order valence-electron chi connectivity index (χ3n) is 17.5. The van der Waals surface area contributed by atoms with Crippen molar-refractivity contribution in [2.75, 3.05) is 21.3 Å². The van der Waals surface area contributed by atoms with Gasteiger partial charge in [-0.1, -0.05) is 132 Å². The van der Waals surface area contributed by atoms with Gasteiger partial charge in [0.25, 0.3) is 0 Å². The molecule has 0 bridgehead atoms. The fourth-order valence-electron chi connectivity index (χ4n) is 12.0. The van der Waals surface area contributed by atoms with Crippen molar-refractivity contribution in [1.82, 2.24) is 0 Å². The highest BCUT2D eigenvalue weighted by molar-refractivity contribution is 6.74. The van der Waals surface area contributed by atoms with Crippen LogP contribution in [0.3, 0.4) is 0 Å². The Bertz CT molecular complexity index is 2000. The minimum Gasteiger partial charge on any atom is -0.497 e. The molecule has 0 radical (unpaired) electrons. The molecule has 12 nitrogen and oxygen atoms in total. The quantitative estimate of drug-likeness (QED) is 0.0414. The van der Waals surface area contributed by atoms with Gasteiger partial charge in [0.1, 0.15) is 5.75 Å². The summed E-state index contributed by atoms with van der Waals surface area (Å²) in [7, 11) is -0.282. The molecular weight excluding hydrogens is 981 g/mol. The second-order valence-corrected chi connectivity index (χ2v) is 36.0. The molecule has 1 aromatic carbocycles. The first-order valence-electron chi connectivity index (χ1n) is 28.5. The summed E-state index contributed by atoms with van der Waals surface area (Å²) in [5.41, 5.74) is 1.86. The van der Waals surface area contributed by atoms with Gasteiger partial charge in [-0.2, -0.15) is 0 Å². The van der Waals surface area contributed by atoms with Crippen molar-refractivity contribution in [3.8, 4) is 5.75 Å². The summed E-state index contributed by atoms with van der Waals surface area (Å²) in [4.78, 5) is 11.8. The molecule has 75 heavy (non-hydrogen) atoms. The third-order valence-corrected chi connectivity index (χ3v) is 27.2. The fourth-order valence-corrected chi connectivity index (χ4v) is 18.7. The Labute approximate surface area is 457 Å². The van der Waals surface area contributed by atoms with Crippen molar-refractivity contribution < 1.29 is 56.3 Å². The first-order chi connectivity index (χ1) is 34.9. The predicted octanol–water partition coefficient (Wildman–Crippen LogP) is 13.9. The van der Waals surface area contributed by atoms with Crippen LogP contribution in [-0.4, -0.2) is 116 Å². The van der Waals surface area contributed by atoms with E-state index >= 15 is 0 Å². The van der Waals surface area contributed by atoms with Gasteiger partial charge in [0.15, 0.2) is 14.6 Å². The largest absolute Gasteiger partial charge is 0.497 e. The molecule has 1 N–H and O–H groups in total. The molecule has 4 aliphatic heterocycles. The van der Waals surface area contributed by atoms with E-state index in [9.17, 15) is 9.90 Å². The molecule has 0 saturated carbocycles. The van der Waals surface area contributed by atoms with E-state index in [1.807, 2.05) is 38.3 Å². The smallest absolute Gasteiger partial charge is 0.349 e. The molecule has 0 unspecified atom stereocenters. The van der Waals surface area contributed by atoms with Gasteiger partial charge >= 0.3 is 14.5 Å². The van der Waals surface area contributed by atoms with Crippen LogP contribution in [0.2, 0.25) is 28.2 Å². The number of hydrogen-bond donors (Lipinski definition) is 1. The summed E-state index contributed by atoms with van der Waals surface area (Å²) >= 11 is 0. The van der Waals surface area contributed by atoms with Crippen LogP contribution < -0.4 is 4.74 Å². The minimum atomic E-state index is -3.01. The molecular formula is C61H104O12Si2. The highest BCUT2D eigenvalue weighted by atomic mass is 28.4. The number of carbonyl (C=O) groups excluding carboxylic acids is 1. The zero-order valence-electron chi connectivity index (χ0n) is 50.2. The van der Waals surface area contributed by atoms with E-state index in [-0.39, 0.29) is 106 Å². The summed E-state index contributed by atoms with van der Waals surface area (Å²) in [6, 6.07) is 7.93. The van der Waals surface area contributed by atoms with Crippen LogP contribution in [-0.2, 0) is 46.5 Å². The van der Waals surface area contributed by atoms with Crippen molar-refractivity contribution in [1.29, 1.82) is 0 Å². The number of aliphatic hydroxyl groups is 1. The lowest BCUT2D eigenvalue weighted by Gasteiger charge is -2.59. The van der Waals surface area contributed by atoms with Crippen molar-refractivity contribution in [2.45, 2.75) is 263 Å². The second-order valence-electron chi connectivity index (χ2n) is 26.5. The van der Waals surface area contributed by atoms with E-state index in [4.69, 9.17) is 46.4 Å². The zero-order chi connectivity index (χ0) is 55.8. The number of ether oxygens (including phenoxy) is 7. The molecule has 0 aromatic heterocycles. The average Bonchev–Trinajstić information content (AvgIpc) is 3.34. The second kappa shape index (κ2) is 26.8. The molecule has 4 aliphatic rings. The fraction of sp³-hybridized carbons (Fsp3) is 0.787. The molecule has 1 aromatic rings. The summed E-state index contributed by atoms with van der Waals surface area (Å²) in [5.74, 6) is 0.441. The van der Waals surface area contributed by atoms with Crippen LogP contribution in [0.1, 0.15) is 173 Å². The summed E-state index contributed by atoms with van der Waals surface area (Å²) in [5, 5.41) is 11.9. The van der Waals surface area contributed by atoms with Gasteiger partial charge in [0.2, 0.25) is 0 Å². The number of hydrogen-bond acceptors (Lipinski definition) is 12. The highest BCUT2D eigenvalue weighted by Crippen LogP contribution is 2.58. The lowest BCUT2D eigenvalue weighted by molar-refractivity contribution is -0.279. The summed E-state index contributed by atoms with van der Waals surface area (Å²) in [6.07, 6.45) is 14.6. The molecule has 5 rings (SSSR count). The van der Waals surface area contributed by atoms with E-state index in [0.717, 1.165) is 42.6 Å². The zero-order valence-corrected chi connectivity index (χ0v) is 52.2. The SMILES string of the molecule is COC(=O)/C=C/C(C)=C/C[C@@H](C[C@@H]1C=CC[C@@H](C[C@H](O)[C@@H](C)[C@@H]2C[C@H]([C@H](C)[C@@H]3O[Si](C(C)(C)C)(C(C)(C)C)O[C@@H]([C@@H](C)CC[C@H]4C[C@H](OC)C[C@H](C)O4)[C@@H]3C)O[C@H](c3ccc(OC)cc3)O2)O1)O[Si](C)(C)C(C)(C)C.